The molecule has 2 nitrogen and oxygen atoms in total. The van der Waals surface area contributed by atoms with Gasteiger partial charge in [-0.15, -0.1) is 0 Å². The molecule has 19 heavy (non-hydrogen) atoms. The Morgan fingerprint density at radius 1 is 1.11 bits per heavy atom. The Labute approximate surface area is 120 Å². The second-order valence-corrected chi connectivity index (χ2v) is 5.31. The highest BCUT2D eigenvalue weighted by atomic mass is 79.9. The van der Waals surface area contributed by atoms with Gasteiger partial charge in [0.2, 0.25) is 0 Å². The number of aryl methyl sites for hydroxylation is 1. The van der Waals surface area contributed by atoms with Gasteiger partial charge >= 0.3 is 0 Å². The molecule has 3 rings (SSSR count). The van der Waals surface area contributed by atoms with Crippen molar-refractivity contribution in [2.75, 3.05) is 0 Å². The first-order valence-corrected chi connectivity index (χ1v) is 6.88. The number of halogens is 1. The van der Waals surface area contributed by atoms with Crippen molar-refractivity contribution in [1.29, 1.82) is 0 Å². The standard InChI is InChI=1S/C16H13BrO2/c1-11-7-13-8-14(9-15(17)16(13)19-11)18-10-12-5-3-2-4-6-12/h2-9H,10H2,1H3. The van der Waals surface area contributed by atoms with E-state index < -0.39 is 0 Å². The van der Waals surface area contributed by atoms with Crippen LogP contribution in [0.25, 0.3) is 11.0 Å². The average molecular weight is 317 g/mol. The number of ether oxygens (including phenoxy) is 1. The van der Waals surface area contributed by atoms with E-state index in [9.17, 15) is 0 Å². The van der Waals surface area contributed by atoms with Gasteiger partial charge in [-0.05, 0) is 46.6 Å². The van der Waals surface area contributed by atoms with Gasteiger partial charge in [0.25, 0.3) is 0 Å². The molecule has 0 saturated heterocycles. The molecular weight excluding hydrogens is 304 g/mol. The largest absolute Gasteiger partial charge is 0.489 e. The van der Waals surface area contributed by atoms with Gasteiger partial charge in [0.05, 0.1) is 4.47 Å². The Balaban J connectivity index is 1.85. The number of rotatable bonds is 3. The van der Waals surface area contributed by atoms with Crippen LogP contribution >= 0.6 is 15.9 Å². The number of fused-ring (bicyclic) bond motifs is 1. The molecule has 0 unspecified atom stereocenters. The van der Waals surface area contributed by atoms with E-state index in [1.807, 2.05) is 43.3 Å². The fraction of sp³-hybridized carbons (Fsp3) is 0.125. The molecule has 96 valence electrons. The van der Waals surface area contributed by atoms with Crippen LogP contribution in [-0.4, -0.2) is 0 Å². The van der Waals surface area contributed by atoms with Crippen LogP contribution in [0.15, 0.2) is 57.4 Å². The van der Waals surface area contributed by atoms with Crippen LogP contribution in [-0.2, 0) is 6.61 Å². The molecule has 2 aromatic carbocycles. The maximum absolute atomic E-state index is 5.82. The average Bonchev–Trinajstić information content (AvgIpc) is 2.79. The predicted octanol–water partition coefficient (Wildman–Crippen LogP) is 5.08. The summed E-state index contributed by atoms with van der Waals surface area (Å²) in [6.45, 7) is 2.51. The number of hydrogen-bond donors (Lipinski definition) is 0. The van der Waals surface area contributed by atoms with Gasteiger partial charge in [0.15, 0.2) is 0 Å². The lowest BCUT2D eigenvalue weighted by Gasteiger charge is -2.07. The molecule has 0 aliphatic heterocycles. The molecule has 1 aromatic heterocycles. The molecule has 3 aromatic rings. The van der Waals surface area contributed by atoms with E-state index in [1.165, 1.54) is 0 Å². The van der Waals surface area contributed by atoms with E-state index in [0.29, 0.717) is 6.61 Å². The van der Waals surface area contributed by atoms with Gasteiger partial charge in [-0.1, -0.05) is 30.3 Å². The first-order valence-electron chi connectivity index (χ1n) is 6.09. The van der Waals surface area contributed by atoms with Crippen molar-refractivity contribution >= 4 is 26.9 Å². The first-order chi connectivity index (χ1) is 9.22. The van der Waals surface area contributed by atoms with Crippen molar-refractivity contribution in [1.82, 2.24) is 0 Å². The highest BCUT2D eigenvalue weighted by Gasteiger charge is 2.07. The predicted molar refractivity (Wildman–Crippen MR) is 79.4 cm³/mol. The van der Waals surface area contributed by atoms with Crippen LogP contribution < -0.4 is 4.74 Å². The van der Waals surface area contributed by atoms with E-state index in [4.69, 9.17) is 9.15 Å². The van der Waals surface area contributed by atoms with Crippen molar-refractivity contribution < 1.29 is 9.15 Å². The molecule has 0 N–H and O–H groups in total. The SMILES string of the molecule is Cc1cc2cc(OCc3ccccc3)cc(Br)c2o1. The van der Waals surface area contributed by atoms with Crippen molar-refractivity contribution in [3.8, 4) is 5.75 Å². The third-order valence-electron chi connectivity index (χ3n) is 2.92. The van der Waals surface area contributed by atoms with E-state index in [2.05, 4.69) is 28.1 Å². The van der Waals surface area contributed by atoms with Crippen molar-refractivity contribution in [2.45, 2.75) is 13.5 Å². The third kappa shape index (κ3) is 2.66. The lowest BCUT2D eigenvalue weighted by Crippen LogP contribution is -1.94. The van der Waals surface area contributed by atoms with Crippen LogP contribution in [0.3, 0.4) is 0 Å². The molecule has 0 saturated carbocycles. The van der Waals surface area contributed by atoms with Crippen LogP contribution in [0.4, 0.5) is 0 Å². The lowest BCUT2D eigenvalue weighted by molar-refractivity contribution is 0.306. The van der Waals surface area contributed by atoms with Gasteiger partial charge in [-0.25, -0.2) is 0 Å². The Kier molecular flexibility index (Phi) is 3.30. The van der Waals surface area contributed by atoms with Crippen LogP contribution in [0.1, 0.15) is 11.3 Å². The summed E-state index contributed by atoms with van der Waals surface area (Å²) in [5.74, 6) is 1.74. The zero-order valence-corrected chi connectivity index (χ0v) is 12.1. The summed E-state index contributed by atoms with van der Waals surface area (Å²) in [4.78, 5) is 0. The number of hydrogen-bond acceptors (Lipinski definition) is 2. The molecule has 0 amide bonds. The highest BCUT2D eigenvalue weighted by molar-refractivity contribution is 9.10. The summed E-state index contributed by atoms with van der Waals surface area (Å²) in [5, 5.41) is 1.05. The Hall–Kier alpha value is -1.74. The van der Waals surface area contributed by atoms with E-state index >= 15 is 0 Å². The van der Waals surface area contributed by atoms with E-state index in [0.717, 1.165) is 32.5 Å². The minimum atomic E-state index is 0.565. The molecule has 0 radical (unpaired) electrons. The molecule has 0 atom stereocenters. The van der Waals surface area contributed by atoms with Gasteiger partial charge in [0, 0.05) is 5.39 Å². The summed E-state index contributed by atoms with van der Waals surface area (Å²) in [6.07, 6.45) is 0. The van der Waals surface area contributed by atoms with Crippen LogP contribution in [0.5, 0.6) is 5.75 Å². The van der Waals surface area contributed by atoms with E-state index in [-0.39, 0.29) is 0 Å². The minimum absolute atomic E-state index is 0.565. The van der Waals surface area contributed by atoms with Gasteiger partial charge in [-0.3, -0.25) is 0 Å². The maximum atomic E-state index is 5.82. The quantitative estimate of drug-likeness (QED) is 0.672. The maximum Gasteiger partial charge on any atom is 0.148 e. The molecule has 1 heterocycles. The minimum Gasteiger partial charge on any atom is -0.489 e. The van der Waals surface area contributed by atoms with Crippen molar-refractivity contribution in [3.05, 3.63) is 64.3 Å². The molecule has 0 bridgehead atoms. The smallest absolute Gasteiger partial charge is 0.148 e. The zero-order valence-electron chi connectivity index (χ0n) is 10.5. The third-order valence-corrected chi connectivity index (χ3v) is 3.51. The first kappa shape index (κ1) is 12.3. The monoisotopic (exact) mass is 316 g/mol. The lowest BCUT2D eigenvalue weighted by atomic mass is 10.2. The second kappa shape index (κ2) is 5.10. The molecular formula is C16H13BrO2. The van der Waals surface area contributed by atoms with Gasteiger partial charge < -0.3 is 9.15 Å². The van der Waals surface area contributed by atoms with Crippen molar-refractivity contribution in [2.24, 2.45) is 0 Å². The summed E-state index contributed by atoms with van der Waals surface area (Å²) in [6, 6.07) is 16.1. The fourth-order valence-corrected chi connectivity index (χ4v) is 2.57. The topological polar surface area (TPSA) is 22.4 Å². The summed E-state index contributed by atoms with van der Waals surface area (Å²) >= 11 is 3.51. The summed E-state index contributed by atoms with van der Waals surface area (Å²) in [7, 11) is 0. The number of benzene rings is 2. The molecule has 0 spiro atoms. The van der Waals surface area contributed by atoms with E-state index in [1.54, 1.807) is 0 Å². The Bertz CT molecular complexity index is 701. The van der Waals surface area contributed by atoms with Crippen LogP contribution in [0.2, 0.25) is 0 Å². The summed E-state index contributed by atoms with van der Waals surface area (Å²) < 4.78 is 12.4. The molecule has 0 fully saturated rings. The second-order valence-electron chi connectivity index (χ2n) is 4.45. The van der Waals surface area contributed by atoms with Gasteiger partial charge in [0.1, 0.15) is 23.7 Å². The normalized spacial score (nSPS) is 10.8. The Morgan fingerprint density at radius 2 is 1.89 bits per heavy atom. The fourth-order valence-electron chi connectivity index (χ4n) is 2.04. The van der Waals surface area contributed by atoms with Crippen LogP contribution in [0, 0.1) is 6.92 Å². The number of furan rings is 1. The zero-order chi connectivity index (χ0) is 13.2. The molecule has 0 aliphatic rings. The van der Waals surface area contributed by atoms with Crippen molar-refractivity contribution in [3.63, 3.8) is 0 Å². The highest BCUT2D eigenvalue weighted by Crippen LogP contribution is 2.32. The summed E-state index contributed by atoms with van der Waals surface area (Å²) in [5.41, 5.74) is 2.02. The Morgan fingerprint density at radius 3 is 2.68 bits per heavy atom. The molecule has 0 aliphatic carbocycles. The molecule has 3 heteroatoms. The van der Waals surface area contributed by atoms with Gasteiger partial charge in [-0.2, -0.15) is 0 Å².